The van der Waals surface area contributed by atoms with Gasteiger partial charge in [0.1, 0.15) is 5.65 Å². The maximum atomic E-state index is 12.5. The predicted molar refractivity (Wildman–Crippen MR) is 119 cm³/mol. The average Bonchev–Trinajstić information content (AvgIpc) is 2.74. The zero-order chi connectivity index (χ0) is 21.3. The van der Waals surface area contributed by atoms with Crippen LogP contribution in [-0.4, -0.2) is 40.8 Å². The Morgan fingerprint density at radius 1 is 1.26 bits per heavy atom. The predicted octanol–water partition coefficient (Wildman–Crippen LogP) is 3.42. The van der Waals surface area contributed by atoms with Crippen LogP contribution in [0.15, 0.2) is 47.4 Å². The van der Waals surface area contributed by atoms with Gasteiger partial charge in [0, 0.05) is 29.6 Å². The molecule has 3 aromatic rings. The number of fused-ring (bicyclic) bond motifs is 1. The van der Waals surface area contributed by atoms with Crippen LogP contribution in [0.1, 0.15) is 43.2 Å². The van der Waals surface area contributed by atoms with Crippen LogP contribution in [0.2, 0.25) is 0 Å². The Morgan fingerprint density at radius 3 is 2.58 bits per heavy atom. The average molecular weight is 425 g/mol. The van der Waals surface area contributed by atoms with Crippen LogP contribution in [0, 0.1) is 5.41 Å². The van der Waals surface area contributed by atoms with Gasteiger partial charge in [0.15, 0.2) is 0 Å². The molecule has 8 heteroatoms. The summed E-state index contributed by atoms with van der Waals surface area (Å²) in [6, 6.07) is 10.4. The Bertz CT molecular complexity index is 1140. The summed E-state index contributed by atoms with van der Waals surface area (Å²) in [4.78, 5) is 33.1. The van der Waals surface area contributed by atoms with E-state index in [1.54, 1.807) is 35.0 Å². The van der Waals surface area contributed by atoms with Gasteiger partial charge in [-0.1, -0.05) is 26.5 Å². The Kier molecular flexibility index (Phi) is 6.40. The summed E-state index contributed by atoms with van der Waals surface area (Å²) < 4.78 is 11.8. The minimum absolute atomic E-state index is 0. The fourth-order valence-electron chi connectivity index (χ4n) is 3.52. The van der Waals surface area contributed by atoms with Crippen molar-refractivity contribution in [1.82, 2.24) is 14.5 Å². The summed E-state index contributed by atoms with van der Waals surface area (Å²) in [6.07, 6.45) is 1.72. The molecule has 0 bridgehead atoms. The number of hydrogen-bond donors (Lipinski definition) is 1. The van der Waals surface area contributed by atoms with Crippen LogP contribution in [-0.2, 0) is 16.0 Å². The highest BCUT2D eigenvalue weighted by molar-refractivity contribution is 5.89. The number of carbonyl (C=O) groups excluding carboxylic acids is 1. The Labute approximate surface area is 181 Å². The van der Waals surface area contributed by atoms with Gasteiger partial charge in [0.05, 0.1) is 31.9 Å². The molecule has 2 aromatic heterocycles. The lowest BCUT2D eigenvalue weighted by atomic mass is 9.88. The van der Waals surface area contributed by atoms with E-state index in [4.69, 9.17) is 9.47 Å². The van der Waals surface area contributed by atoms with Crippen molar-refractivity contribution in [1.29, 1.82) is 0 Å². The van der Waals surface area contributed by atoms with Crippen LogP contribution in [0.5, 0.6) is 0 Å². The summed E-state index contributed by atoms with van der Waals surface area (Å²) in [5.41, 5.74) is 1.91. The van der Waals surface area contributed by atoms with E-state index in [2.05, 4.69) is 22.2 Å². The lowest BCUT2D eigenvalue weighted by molar-refractivity contribution is -0.110. The highest BCUT2D eigenvalue weighted by Gasteiger charge is 2.34. The molecule has 1 aliphatic rings. The molecule has 1 N–H and O–H groups in total. The molecule has 4 rings (SSSR count). The quantitative estimate of drug-likeness (QED) is 0.606. The molecular weight excluding hydrogens is 396 g/mol. The molecule has 0 unspecified atom stereocenters. The van der Waals surface area contributed by atoms with Crippen molar-refractivity contribution < 1.29 is 14.3 Å². The Hall–Kier alpha value is -3.26. The second kappa shape index (κ2) is 8.85. The van der Waals surface area contributed by atoms with E-state index in [9.17, 15) is 9.59 Å². The van der Waals surface area contributed by atoms with Crippen molar-refractivity contribution in [2.75, 3.05) is 25.6 Å². The van der Waals surface area contributed by atoms with E-state index in [1.807, 2.05) is 19.1 Å². The summed E-state index contributed by atoms with van der Waals surface area (Å²) >= 11 is 0. The highest BCUT2D eigenvalue weighted by Crippen LogP contribution is 2.29. The first-order chi connectivity index (χ1) is 14.4. The number of carbonyl (C=O) groups is 1. The lowest BCUT2D eigenvalue weighted by Gasteiger charge is -2.38. The van der Waals surface area contributed by atoms with Gasteiger partial charge < -0.3 is 14.8 Å². The number of benzene rings is 1. The second-order valence-corrected chi connectivity index (χ2v) is 8.01. The SMILES string of the molecule is C.COC(=O)c1ccc([C@H](C)Nc2ncc3ccc(=O)n(CC4(C)COC4)c3n2)cc1. The molecule has 1 aliphatic heterocycles. The Balaban J connectivity index is 0.00000272. The molecule has 31 heavy (non-hydrogen) atoms. The van der Waals surface area contributed by atoms with E-state index in [-0.39, 0.29) is 30.4 Å². The first kappa shape index (κ1) is 22.4. The third kappa shape index (κ3) is 4.59. The van der Waals surface area contributed by atoms with Crippen LogP contribution in [0.3, 0.4) is 0 Å². The van der Waals surface area contributed by atoms with Crippen LogP contribution in [0.25, 0.3) is 11.0 Å². The van der Waals surface area contributed by atoms with Crippen molar-refractivity contribution in [2.24, 2.45) is 5.41 Å². The summed E-state index contributed by atoms with van der Waals surface area (Å²) in [6.45, 7) is 5.88. The molecule has 8 nitrogen and oxygen atoms in total. The molecule has 1 saturated heterocycles. The molecule has 0 spiro atoms. The van der Waals surface area contributed by atoms with Gasteiger partial charge in [-0.3, -0.25) is 9.36 Å². The van der Waals surface area contributed by atoms with Crippen LogP contribution in [0.4, 0.5) is 5.95 Å². The second-order valence-electron chi connectivity index (χ2n) is 8.01. The van der Waals surface area contributed by atoms with E-state index in [0.717, 1.165) is 10.9 Å². The minimum atomic E-state index is -0.372. The number of esters is 1. The highest BCUT2D eigenvalue weighted by atomic mass is 16.5. The number of anilines is 1. The zero-order valence-corrected chi connectivity index (χ0v) is 17.2. The molecule has 1 atom stereocenters. The maximum absolute atomic E-state index is 12.5. The molecule has 0 aliphatic carbocycles. The summed E-state index contributed by atoms with van der Waals surface area (Å²) in [5.74, 6) is 0.0601. The van der Waals surface area contributed by atoms with E-state index in [1.165, 1.54) is 7.11 Å². The molecule has 1 fully saturated rings. The molecule has 0 amide bonds. The first-order valence-corrected chi connectivity index (χ1v) is 9.78. The topological polar surface area (TPSA) is 95.3 Å². The molecule has 0 radical (unpaired) electrons. The van der Waals surface area contributed by atoms with Crippen molar-refractivity contribution in [3.05, 3.63) is 64.1 Å². The van der Waals surface area contributed by atoms with Crippen LogP contribution < -0.4 is 10.9 Å². The van der Waals surface area contributed by atoms with Crippen molar-refractivity contribution in [3.8, 4) is 0 Å². The van der Waals surface area contributed by atoms with E-state index >= 15 is 0 Å². The normalized spacial score (nSPS) is 15.5. The minimum Gasteiger partial charge on any atom is -0.465 e. The monoisotopic (exact) mass is 424 g/mol. The molecule has 0 saturated carbocycles. The van der Waals surface area contributed by atoms with Gasteiger partial charge in [0.25, 0.3) is 5.56 Å². The third-order valence-corrected chi connectivity index (χ3v) is 5.34. The van der Waals surface area contributed by atoms with Gasteiger partial charge in [0.2, 0.25) is 5.95 Å². The summed E-state index contributed by atoms with van der Waals surface area (Å²) in [5, 5.41) is 4.08. The lowest BCUT2D eigenvalue weighted by Crippen LogP contribution is -2.45. The number of nitrogens with zero attached hydrogens (tertiary/aromatic N) is 3. The van der Waals surface area contributed by atoms with Gasteiger partial charge >= 0.3 is 5.97 Å². The Morgan fingerprint density at radius 2 is 1.97 bits per heavy atom. The number of hydrogen-bond acceptors (Lipinski definition) is 7. The van der Waals surface area contributed by atoms with Gasteiger partial charge in [-0.05, 0) is 30.7 Å². The first-order valence-electron chi connectivity index (χ1n) is 9.78. The standard InChI is InChI=1S/C22H24N4O4.CH4/c1-14(15-4-6-16(7-5-15)20(28)29-3)24-21-23-10-17-8-9-18(27)26(19(17)25-21)11-22(2)12-30-13-22;/h4-10,14H,11-13H2,1-3H3,(H,23,24,25);1H4/t14-;/m0./s1. The third-order valence-electron chi connectivity index (χ3n) is 5.34. The van der Waals surface area contributed by atoms with Crippen molar-refractivity contribution >= 4 is 23.0 Å². The van der Waals surface area contributed by atoms with Gasteiger partial charge in [-0.25, -0.2) is 9.78 Å². The van der Waals surface area contributed by atoms with Gasteiger partial charge in [-0.15, -0.1) is 0 Å². The fourth-order valence-corrected chi connectivity index (χ4v) is 3.52. The molecule has 1 aromatic carbocycles. The zero-order valence-electron chi connectivity index (χ0n) is 17.2. The fraction of sp³-hybridized carbons (Fsp3) is 0.391. The van der Waals surface area contributed by atoms with Crippen molar-refractivity contribution in [2.45, 2.75) is 33.9 Å². The number of pyridine rings is 1. The largest absolute Gasteiger partial charge is 0.465 e. The number of ether oxygens (including phenoxy) is 2. The van der Waals surface area contributed by atoms with Gasteiger partial charge in [-0.2, -0.15) is 4.98 Å². The van der Waals surface area contributed by atoms with Crippen molar-refractivity contribution in [3.63, 3.8) is 0 Å². The van der Waals surface area contributed by atoms with E-state index < -0.39 is 0 Å². The number of nitrogens with one attached hydrogen (secondary N) is 1. The number of methoxy groups -OCH3 is 1. The summed E-state index contributed by atoms with van der Waals surface area (Å²) in [7, 11) is 1.36. The molecular formula is C23H28N4O4. The maximum Gasteiger partial charge on any atom is 0.337 e. The van der Waals surface area contributed by atoms with Crippen LogP contribution >= 0.6 is 0 Å². The van der Waals surface area contributed by atoms with E-state index in [0.29, 0.717) is 36.9 Å². The molecule has 164 valence electrons. The molecule has 3 heterocycles. The number of rotatable bonds is 6. The smallest absolute Gasteiger partial charge is 0.337 e. The number of aromatic nitrogens is 3.